The first-order chi connectivity index (χ1) is 9.27. The molecule has 5 rings (SSSR count). The molecule has 1 saturated carbocycles. The summed E-state index contributed by atoms with van der Waals surface area (Å²) in [6.07, 6.45) is 9.51. The molecule has 6 unspecified atom stereocenters. The van der Waals surface area contributed by atoms with Crippen molar-refractivity contribution in [1.29, 1.82) is 0 Å². The van der Waals surface area contributed by atoms with Crippen LogP contribution in [0.25, 0.3) is 0 Å². The quantitative estimate of drug-likeness (QED) is 0.546. The van der Waals surface area contributed by atoms with Crippen LogP contribution in [0.15, 0.2) is 29.3 Å². The molecule has 20 heavy (non-hydrogen) atoms. The van der Waals surface area contributed by atoms with Crippen LogP contribution in [0.2, 0.25) is 0 Å². The molecule has 4 aliphatic carbocycles. The maximum atomic E-state index is 11.2. The van der Waals surface area contributed by atoms with E-state index in [1.165, 1.54) is 0 Å². The Morgan fingerprint density at radius 2 is 2.00 bits per heavy atom. The molecule has 0 aromatic heterocycles. The molecule has 108 valence electrons. The lowest BCUT2D eigenvalue weighted by Crippen LogP contribution is -2.67. The number of alkyl halides is 3. The van der Waals surface area contributed by atoms with E-state index in [-0.39, 0.29) is 23.7 Å². The number of aliphatic hydroxyl groups is 1. The zero-order valence-corrected chi connectivity index (χ0v) is 13.0. The van der Waals surface area contributed by atoms with Gasteiger partial charge in [-0.2, -0.15) is 0 Å². The van der Waals surface area contributed by atoms with E-state index in [1.54, 1.807) is 0 Å². The van der Waals surface area contributed by atoms with E-state index in [2.05, 4.69) is 23.2 Å². The summed E-state index contributed by atoms with van der Waals surface area (Å²) >= 11 is 17.7. The molecule has 1 heterocycles. The maximum absolute atomic E-state index is 11.2. The Kier molecular flexibility index (Phi) is 2.52. The summed E-state index contributed by atoms with van der Waals surface area (Å²) in [5, 5.41) is 11.2. The SMILES string of the molecule is CC12OC(C(Cl)(Cl)Cl)=NC1(O)C1C=CC2C2CC=CC21. The van der Waals surface area contributed by atoms with Crippen molar-refractivity contribution in [3.8, 4) is 0 Å². The smallest absolute Gasteiger partial charge is 0.266 e. The van der Waals surface area contributed by atoms with Gasteiger partial charge in [0.15, 0.2) is 5.60 Å². The highest BCUT2D eigenvalue weighted by molar-refractivity contribution is 6.76. The number of hydrogen-bond acceptors (Lipinski definition) is 3. The van der Waals surface area contributed by atoms with Crippen LogP contribution in [0.5, 0.6) is 0 Å². The van der Waals surface area contributed by atoms with Crippen molar-refractivity contribution in [3.05, 3.63) is 24.3 Å². The highest BCUT2D eigenvalue weighted by Gasteiger charge is 2.71. The van der Waals surface area contributed by atoms with Gasteiger partial charge in [-0.25, -0.2) is 4.99 Å². The fraction of sp³-hybridized carbons (Fsp3) is 0.643. The summed E-state index contributed by atoms with van der Waals surface area (Å²) in [5.74, 6) is 0.637. The second-order valence-electron chi connectivity index (χ2n) is 6.19. The van der Waals surface area contributed by atoms with Gasteiger partial charge in [-0.1, -0.05) is 59.1 Å². The summed E-state index contributed by atoms with van der Waals surface area (Å²) in [6, 6.07) is 0. The number of allylic oxidation sites excluding steroid dienone is 2. The van der Waals surface area contributed by atoms with Crippen LogP contribution in [-0.4, -0.2) is 26.1 Å². The normalized spacial score (nSPS) is 51.8. The summed E-state index contributed by atoms with van der Waals surface area (Å²) < 4.78 is 4.14. The van der Waals surface area contributed by atoms with Crippen molar-refractivity contribution < 1.29 is 9.84 Å². The molecule has 0 aromatic carbocycles. The fourth-order valence-electron chi connectivity index (χ4n) is 4.37. The van der Waals surface area contributed by atoms with E-state index in [9.17, 15) is 5.11 Å². The minimum Gasteiger partial charge on any atom is -0.466 e. The molecule has 6 heteroatoms. The van der Waals surface area contributed by atoms with Crippen molar-refractivity contribution in [2.24, 2.45) is 28.7 Å². The topological polar surface area (TPSA) is 41.8 Å². The van der Waals surface area contributed by atoms with Gasteiger partial charge in [-0.15, -0.1) is 0 Å². The van der Waals surface area contributed by atoms with Gasteiger partial charge in [0, 0.05) is 11.8 Å². The number of rotatable bonds is 0. The summed E-state index contributed by atoms with van der Waals surface area (Å²) in [4.78, 5) is 4.30. The number of nitrogens with zero attached hydrogens (tertiary/aromatic N) is 1. The Labute approximate surface area is 132 Å². The van der Waals surface area contributed by atoms with Gasteiger partial charge in [0.1, 0.15) is 0 Å². The molecule has 3 nitrogen and oxygen atoms in total. The standard InChI is InChI=1S/C14H14Cl3NO2/c1-12-9-5-6-10(8-4-2-3-7(8)9)13(12,19)18-11(20-12)14(15,16)17/h2,4-10,19H,3H2,1H3. The van der Waals surface area contributed by atoms with Crippen molar-refractivity contribution in [2.75, 3.05) is 0 Å². The average molecular weight is 335 g/mol. The molecular formula is C14H14Cl3NO2. The third-order valence-corrected chi connectivity index (χ3v) is 5.80. The van der Waals surface area contributed by atoms with E-state index in [0.717, 1.165) is 6.42 Å². The molecule has 0 radical (unpaired) electrons. The first kappa shape index (κ1) is 13.4. The number of ether oxygens (including phenoxy) is 1. The molecule has 1 aliphatic heterocycles. The predicted molar refractivity (Wildman–Crippen MR) is 79.0 cm³/mol. The lowest BCUT2D eigenvalue weighted by Gasteiger charge is -2.56. The first-order valence-electron chi connectivity index (χ1n) is 6.71. The molecule has 0 aromatic rings. The first-order valence-corrected chi connectivity index (χ1v) is 7.84. The van der Waals surface area contributed by atoms with E-state index in [4.69, 9.17) is 39.5 Å². The van der Waals surface area contributed by atoms with Crippen LogP contribution in [-0.2, 0) is 4.74 Å². The molecule has 0 amide bonds. The molecule has 1 fully saturated rings. The fourth-order valence-corrected chi connectivity index (χ4v) is 4.62. The van der Waals surface area contributed by atoms with Crippen LogP contribution >= 0.6 is 34.8 Å². The number of hydrogen-bond donors (Lipinski definition) is 1. The van der Waals surface area contributed by atoms with Gasteiger partial charge in [0.25, 0.3) is 3.79 Å². The Balaban J connectivity index is 1.85. The number of aliphatic imine (C=N–C) groups is 1. The molecule has 5 aliphatic rings. The molecule has 0 saturated heterocycles. The van der Waals surface area contributed by atoms with Crippen LogP contribution in [0.1, 0.15) is 13.3 Å². The predicted octanol–water partition coefficient (Wildman–Crippen LogP) is 3.24. The van der Waals surface area contributed by atoms with E-state index < -0.39 is 15.1 Å². The van der Waals surface area contributed by atoms with E-state index in [0.29, 0.717) is 5.92 Å². The Hall–Kier alpha value is -0.220. The molecular weight excluding hydrogens is 321 g/mol. The van der Waals surface area contributed by atoms with Gasteiger partial charge in [-0.3, -0.25) is 0 Å². The van der Waals surface area contributed by atoms with Gasteiger partial charge < -0.3 is 9.84 Å². The van der Waals surface area contributed by atoms with Gasteiger partial charge in [0.05, 0.1) is 0 Å². The minimum atomic E-state index is -1.75. The largest absolute Gasteiger partial charge is 0.466 e. The molecule has 1 N–H and O–H groups in total. The lowest BCUT2D eigenvalue weighted by molar-refractivity contribution is -0.201. The van der Waals surface area contributed by atoms with Crippen LogP contribution in [0, 0.1) is 23.7 Å². The monoisotopic (exact) mass is 333 g/mol. The highest BCUT2D eigenvalue weighted by atomic mass is 35.6. The van der Waals surface area contributed by atoms with Crippen molar-refractivity contribution in [3.63, 3.8) is 0 Å². The van der Waals surface area contributed by atoms with Crippen LogP contribution in [0.4, 0.5) is 0 Å². The summed E-state index contributed by atoms with van der Waals surface area (Å²) in [5.41, 5.74) is -2.22. The van der Waals surface area contributed by atoms with Gasteiger partial charge >= 0.3 is 0 Å². The van der Waals surface area contributed by atoms with E-state index in [1.807, 2.05) is 13.0 Å². The molecule has 2 bridgehead atoms. The minimum absolute atomic E-state index is 0.00449. The Bertz CT molecular complexity index is 567. The third kappa shape index (κ3) is 1.40. The second kappa shape index (κ2) is 3.75. The molecule has 0 spiro atoms. The molecule has 6 atom stereocenters. The summed E-state index contributed by atoms with van der Waals surface area (Å²) in [7, 11) is 0. The summed E-state index contributed by atoms with van der Waals surface area (Å²) in [6.45, 7) is 1.87. The Morgan fingerprint density at radius 1 is 1.30 bits per heavy atom. The third-order valence-electron chi connectivity index (χ3n) is 5.32. The van der Waals surface area contributed by atoms with Gasteiger partial charge in [0.2, 0.25) is 11.6 Å². The van der Waals surface area contributed by atoms with Crippen LogP contribution in [0.3, 0.4) is 0 Å². The van der Waals surface area contributed by atoms with Gasteiger partial charge in [-0.05, 0) is 25.2 Å². The van der Waals surface area contributed by atoms with Crippen molar-refractivity contribution in [2.45, 2.75) is 28.5 Å². The average Bonchev–Trinajstić information content (AvgIpc) is 2.92. The second-order valence-corrected chi connectivity index (χ2v) is 8.47. The van der Waals surface area contributed by atoms with Crippen LogP contribution < -0.4 is 0 Å². The van der Waals surface area contributed by atoms with E-state index >= 15 is 0 Å². The zero-order valence-electron chi connectivity index (χ0n) is 10.8. The zero-order chi connectivity index (χ0) is 14.3. The lowest BCUT2D eigenvalue weighted by atomic mass is 9.53. The highest BCUT2D eigenvalue weighted by Crippen LogP contribution is 2.62. The Morgan fingerprint density at radius 3 is 2.70 bits per heavy atom. The maximum Gasteiger partial charge on any atom is 0.266 e. The van der Waals surface area contributed by atoms with Crippen molar-refractivity contribution in [1.82, 2.24) is 0 Å². The van der Waals surface area contributed by atoms with Crippen molar-refractivity contribution >= 4 is 40.7 Å². The number of halogens is 3.